The minimum absolute atomic E-state index is 0.182. The molecule has 0 aromatic rings. The minimum atomic E-state index is -0.226. The molecule has 0 bridgehead atoms. The van der Waals surface area contributed by atoms with E-state index in [-0.39, 0.29) is 24.0 Å². The van der Waals surface area contributed by atoms with Crippen molar-refractivity contribution in [1.29, 1.82) is 0 Å². The lowest BCUT2D eigenvalue weighted by Gasteiger charge is -2.24. The molecule has 0 saturated carbocycles. The normalized spacial score (nSPS) is 15.4. The maximum atomic E-state index is 11.6. The first-order chi connectivity index (χ1) is 7.56. The van der Waals surface area contributed by atoms with E-state index in [4.69, 9.17) is 4.74 Å². The fourth-order valence-electron chi connectivity index (χ4n) is 1.50. The molecule has 0 rings (SSSR count). The molecule has 0 aliphatic rings. The fourth-order valence-corrected chi connectivity index (χ4v) is 1.50. The first kappa shape index (κ1) is 15.2. The molecule has 0 aliphatic heterocycles. The second kappa shape index (κ2) is 8.34. The SMILES string of the molecule is CC/C=C/[C@H](CC)N[C@H](C(=O)OC)C(C)C. The first-order valence-corrected chi connectivity index (χ1v) is 6.07. The molecule has 0 fully saturated rings. The van der Waals surface area contributed by atoms with Crippen molar-refractivity contribution in [3.63, 3.8) is 0 Å². The van der Waals surface area contributed by atoms with Crippen LogP contribution in [0.2, 0.25) is 0 Å². The predicted octanol–water partition coefficient (Wildman–Crippen LogP) is 2.52. The van der Waals surface area contributed by atoms with Gasteiger partial charge in [0.1, 0.15) is 6.04 Å². The molecule has 2 atom stereocenters. The molecule has 16 heavy (non-hydrogen) atoms. The molecule has 3 nitrogen and oxygen atoms in total. The highest BCUT2D eigenvalue weighted by molar-refractivity contribution is 5.76. The highest BCUT2D eigenvalue weighted by atomic mass is 16.5. The van der Waals surface area contributed by atoms with E-state index >= 15 is 0 Å². The van der Waals surface area contributed by atoms with Gasteiger partial charge in [-0.1, -0.05) is 39.8 Å². The lowest BCUT2D eigenvalue weighted by molar-refractivity contribution is -0.144. The zero-order valence-corrected chi connectivity index (χ0v) is 11.1. The Morgan fingerprint density at radius 1 is 1.38 bits per heavy atom. The Morgan fingerprint density at radius 2 is 2.00 bits per heavy atom. The van der Waals surface area contributed by atoms with Crippen LogP contribution in [-0.2, 0) is 9.53 Å². The summed E-state index contributed by atoms with van der Waals surface area (Å²) in [5, 5.41) is 3.33. The van der Waals surface area contributed by atoms with Crippen molar-refractivity contribution < 1.29 is 9.53 Å². The molecule has 0 spiro atoms. The Labute approximate surface area is 99.3 Å². The summed E-state index contributed by atoms with van der Waals surface area (Å²) in [4.78, 5) is 11.6. The Bertz CT molecular complexity index is 224. The Kier molecular flexibility index (Phi) is 7.90. The number of allylic oxidation sites excluding steroid dienone is 1. The molecule has 94 valence electrons. The van der Waals surface area contributed by atoms with Crippen molar-refractivity contribution in [2.45, 2.75) is 52.6 Å². The van der Waals surface area contributed by atoms with Gasteiger partial charge in [-0.05, 0) is 18.8 Å². The second-order valence-electron chi connectivity index (χ2n) is 4.26. The average molecular weight is 227 g/mol. The van der Waals surface area contributed by atoms with E-state index in [1.807, 2.05) is 13.8 Å². The van der Waals surface area contributed by atoms with Crippen molar-refractivity contribution in [1.82, 2.24) is 5.32 Å². The molecule has 0 amide bonds. The maximum absolute atomic E-state index is 11.6. The number of carbonyl (C=O) groups excluding carboxylic acids is 1. The summed E-state index contributed by atoms with van der Waals surface area (Å²) >= 11 is 0. The van der Waals surface area contributed by atoms with Gasteiger partial charge in [-0.15, -0.1) is 0 Å². The zero-order valence-electron chi connectivity index (χ0n) is 11.1. The summed E-state index contributed by atoms with van der Waals surface area (Å²) in [5.41, 5.74) is 0. The van der Waals surface area contributed by atoms with Gasteiger partial charge in [0.05, 0.1) is 7.11 Å². The van der Waals surface area contributed by atoms with Gasteiger partial charge in [0.15, 0.2) is 0 Å². The summed E-state index contributed by atoms with van der Waals surface area (Å²) in [7, 11) is 1.43. The smallest absolute Gasteiger partial charge is 0.323 e. The van der Waals surface area contributed by atoms with E-state index in [1.165, 1.54) is 7.11 Å². The molecular formula is C13H25NO2. The largest absolute Gasteiger partial charge is 0.468 e. The summed E-state index contributed by atoms with van der Waals surface area (Å²) in [6.07, 6.45) is 6.23. The Balaban J connectivity index is 4.46. The highest BCUT2D eigenvalue weighted by Gasteiger charge is 2.24. The van der Waals surface area contributed by atoms with E-state index < -0.39 is 0 Å². The third-order valence-corrected chi connectivity index (χ3v) is 2.56. The lowest BCUT2D eigenvalue weighted by atomic mass is 10.0. The number of carbonyl (C=O) groups is 1. The predicted molar refractivity (Wildman–Crippen MR) is 67.3 cm³/mol. The molecule has 0 saturated heterocycles. The fraction of sp³-hybridized carbons (Fsp3) is 0.769. The van der Waals surface area contributed by atoms with Crippen LogP contribution in [-0.4, -0.2) is 25.2 Å². The average Bonchev–Trinajstić information content (AvgIpc) is 2.28. The minimum Gasteiger partial charge on any atom is -0.468 e. The van der Waals surface area contributed by atoms with Gasteiger partial charge in [0.2, 0.25) is 0 Å². The molecule has 0 unspecified atom stereocenters. The van der Waals surface area contributed by atoms with Crippen LogP contribution in [0.15, 0.2) is 12.2 Å². The van der Waals surface area contributed by atoms with Crippen molar-refractivity contribution >= 4 is 5.97 Å². The van der Waals surface area contributed by atoms with E-state index in [0.717, 1.165) is 12.8 Å². The molecule has 3 heteroatoms. The van der Waals surface area contributed by atoms with Crippen LogP contribution in [0.4, 0.5) is 0 Å². The van der Waals surface area contributed by atoms with Gasteiger partial charge >= 0.3 is 5.97 Å². The summed E-state index contributed by atoms with van der Waals surface area (Å²) in [5.74, 6) is 0.0508. The van der Waals surface area contributed by atoms with Gasteiger partial charge in [-0.2, -0.15) is 0 Å². The summed E-state index contributed by atoms with van der Waals surface area (Å²) < 4.78 is 4.80. The number of hydrogen-bond donors (Lipinski definition) is 1. The van der Waals surface area contributed by atoms with Crippen LogP contribution in [0, 0.1) is 5.92 Å². The number of esters is 1. The number of nitrogens with one attached hydrogen (secondary N) is 1. The van der Waals surface area contributed by atoms with E-state index in [9.17, 15) is 4.79 Å². The van der Waals surface area contributed by atoms with Crippen LogP contribution >= 0.6 is 0 Å². The number of rotatable bonds is 7. The quantitative estimate of drug-likeness (QED) is 0.536. The van der Waals surface area contributed by atoms with Gasteiger partial charge < -0.3 is 4.74 Å². The van der Waals surface area contributed by atoms with E-state index in [1.54, 1.807) is 0 Å². The number of hydrogen-bond acceptors (Lipinski definition) is 3. The van der Waals surface area contributed by atoms with Crippen LogP contribution in [0.3, 0.4) is 0 Å². The van der Waals surface area contributed by atoms with Crippen molar-refractivity contribution in [2.75, 3.05) is 7.11 Å². The number of methoxy groups -OCH3 is 1. The monoisotopic (exact) mass is 227 g/mol. The molecule has 0 heterocycles. The van der Waals surface area contributed by atoms with Crippen LogP contribution in [0.5, 0.6) is 0 Å². The van der Waals surface area contributed by atoms with Crippen LogP contribution in [0.1, 0.15) is 40.5 Å². The molecular weight excluding hydrogens is 202 g/mol. The second-order valence-corrected chi connectivity index (χ2v) is 4.26. The number of ether oxygens (including phenoxy) is 1. The van der Waals surface area contributed by atoms with Crippen molar-refractivity contribution in [3.8, 4) is 0 Å². The zero-order chi connectivity index (χ0) is 12.6. The van der Waals surface area contributed by atoms with Crippen molar-refractivity contribution in [3.05, 3.63) is 12.2 Å². The third-order valence-electron chi connectivity index (χ3n) is 2.56. The van der Waals surface area contributed by atoms with Gasteiger partial charge in [0.25, 0.3) is 0 Å². The Hall–Kier alpha value is -0.830. The first-order valence-electron chi connectivity index (χ1n) is 6.07. The van der Waals surface area contributed by atoms with E-state index in [2.05, 4.69) is 31.3 Å². The lowest BCUT2D eigenvalue weighted by Crippen LogP contribution is -2.46. The molecule has 0 aromatic carbocycles. The molecule has 0 aromatic heterocycles. The topological polar surface area (TPSA) is 38.3 Å². The molecule has 0 radical (unpaired) electrons. The summed E-state index contributed by atoms with van der Waals surface area (Å²) in [6.45, 7) is 8.24. The van der Waals surface area contributed by atoms with Crippen LogP contribution in [0.25, 0.3) is 0 Å². The van der Waals surface area contributed by atoms with Crippen LogP contribution < -0.4 is 5.32 Å². The Morgan fingerprint density at radius 3 is 2.38 bits per heavy atom. The standard InChI is InChI=1S/C13H25NO2/c1-6-8-9-11(7-2)14-12(10(3)4)13(15)16-5/h8-12,14H,6-7H2,1-5H3/b9-8+/t11-,12-/m0/s1. The molecule has 1 N–H and O–H groups in total. The van der Waals surface area contributed by atoms with E-state index in [0.29, 0.717) is 0 Å². The summed E-state index contributed by atoms with van der Waals surface area (Å²) in [6, 6.07) is 0.0166. The highest BCUT2D eigenvalue weighted by Crippen LogP contribution is 2.07. The maximum Gasteiger partial charge on any atom is 0.323 e. The van der Waals surface area contributed by atoms with Gasteiger partial charge in [-0.3, -0.25) is 10.1 Å². The van der Waals surface area contributed by atoms with Gasteiger partial charge in [-0.25, -0.2) is 0 Å². The van der Waals surface area contributed by atoms with Gasteiger partial charge in [0, 0.05) is 6.04 Å². The molecule has 0 aliphatic carbocycles. The third kappa shape index (κ3) is 5.31. The van der Waals surface area contributed by atoms with Crippen molar-refractivity contribution in [2.24, 2.45) is 5.92 Å².